The van der Waals surface area contributed by atoms with Crippen molar-refractivity contribution in [3.63, 3.8) is 0 Å². The molecule has 3 nitrogen and oxygen atoms in total. The first kappa shape index (κ1) is 13.3. The van der Waals surface area contributed by atoms with Gasteiger partial charge >= 0.3 is 0 Å². The first-order valence-corrected chi connectivity index (χ1v) is 6.93. The van der Waals surface area contributed by atoms with Crippen molar-refractivity contribution < 1.29 is 0 Å². The number of pyridine rings is 1. The molecule has 1 heterocycles. The van der Waals surface area contributed by atoms with Gasteiger partial charge in [0, 0.05) is 12.2 Å². The average molecular weight is 263 g/mol. The van der Waals surface area contributed by atoms with E-state index < -0.39 is 0 Å². The molecule has 0 bridgehead atoms. The zero-order chi connectivity index (χ0) is 13.3. The normalized spacial score (nSPS) is 27.2. The van der Waals surface area contributed by atoms with Crippen LogP contribution in [0, 0.1) is 18.8 Å². The Morgan fingerprint density at radius 1 is 1.44 bits per heavy atom. The topological polar surface area (TPSA) is 50.9 Å². The summed E-state index contributed by atoms with van der Waals surface area (Å²) in [6.07, 6.45) is 4.27. The first-order chi connectivity index (χ1) is 8.50. The van der Waals surface area contributed by atoms with E-state index in [4.69, 9.17) is 18.0 Å². The molecule has 0 amide bonds. The van der Waals surface area contributed by atoms with Crippen LogP contribution in [0.5, 0.6) is 0 Å². The standard InChI is InChI=1S/C14H21N3S/c1-8-4-5-11(10(8)3)17-14-12(13(15)18)9(2)6-7-16-14/h6-8,10-11H,4-5H2,1-3H3,(H2,15,18)(H,16,17). The van der Waals surface area contributed by atoms with Gasteiger partial charge in [-0.1, -0.05) is 26.1 Å². The van der Waals surface area contributed by atoms with Crippen molar-refractivity contribution >= 4 is 23.0 Å². The summed E-state index contributed by atoms with van der Waals surface area (Å²) in [5.74, 6) is 2.26. The molecule has 1 fully saturated rings. The number of aryl methyl sites for hydroxylation is 1. The Balaban J connectivity index is 2.24. The summed E-state index contributed by atoms with van der Waals surface area (Å²) < 4.78 is 0. The quantitative estimate of drug-likeness (QED) is 0.823. The molecule has 1 aliphatic carbocycles. The average Bonchev–Trinajstić information content (AvgIpc) is 2.60. The summed E-state index contributed by atoms with van der Waals surface area (Å²) >= 11 is 5.13. The Kier molecular flexibility index (Phi) is 3.85. The van der Waals surface area contributed by atoms with Gasteiger partial charge in [-0.15, -0.1) is 0 Å². The van der Waals surface area contributed by atoms with Crippen LogP contribution in [0.4, 0.5) is 5.82 Å². The molecule has 0 aromatic carbocycles. The molecule has 1 aliphatic rings. The zero-order valence-electron chi connectivity index (χ0n) is 11.2. The van der Waals surface area contributed by atoms with Crippen molar-refractivity contribution in [1.82, 2.24) is 4.98 Å². The van der Waals surface area contributed by atoms with Gasteiger partial charge in [0.05, 0.1) is 5.56 Å². The summed E-state index contributed by atoms with van der Waals surface area (Å²) in [4.78, 5) is 4.82. The highest BCUT2D eigenvalue weighted by atomic mass is 32.1. The lowest BCUT2D eigenvalue weighted by Crippen LogP contribution is -2.27. The molecule has 1 aromatic heterocycles. The maximum Gasteiger partial charge on any atom is 0.136 e. The van der Waals surface area contributed by atoms with Gasteiger partial charge < -0.3 is 11.1 Å². The lowest BCUT2D eigenvalue weighted by Gasteiger charge is -2.22. The Hall–Kier alpha value is -1.16. The molecule has 3 atom stereocenters. The number of hydrogen-bond acceptors (Lipinski definition) is 3. The molecular formula is C14H21N3S. The van der Waals surface area contributed by atoms with Crippen molar-refractivity contribution in [2.24, 2.45) is 17.6 Å². The number of thiocarbonyl (C=S) groups is 1. The molecule has 0 spiro atoms. The maximum absolute atomic E-state index is 5.80. The number of hydrogen-bond donors (Lipinski definition) is 2. The van der Waals surface area contributed by atoms with Crippen LogP contribution in [0.25, 0.3) is 0 Å². The number of anilines is 1. The van der Waals surface area contributed by atoms with Gasteiger partial charge in [0.25, 0.3) is 0 Å². The van der Waals surface area contributed by atoms with Crippen molar-refractivity contribution in [2.75, 3.05) is 5.32 Å². The van der Waals surface area contributed by atoms with Crippen LogP contribution in [0.1, 0.15) is 37.8 Å². The highest BCUT2D eigenvalue weighted by Crippen LogP contribution is 2.33. The van der Waals surface area contributed by atoms with Crippen LogP contribution in [-0.4, -0.2) is 16.0 Å². The van der Waals surface area contributed by atoms with E-state index in [0.717, 1.165) is 22.9 Å². The van der Waals surface area contributed by atoms with Crippen molar-refractivity contribution in [3.05, 3.63) is 23.4 Å². The molecule has 2 rings (SSSR count). The Morgan fingerprint density at radius 2 is 2.17 bits per heavy atom. The van der Waals surface area contributed by atoms with Crippen LogP contribution in [-0.2, 0) is 0 Å². The minimum atomic E-state index is 0.418. The van der Waals surface area contributed by atoms with Gasteiger partial charge in [-0.25, -0.2) is 4.98 Å². The number of aromatic nitrogens is 1. The number of nitrogens with one attached hydrogen (secondary N) is 1. The lowest BCUT2D eigenvalue weighted by atomic mass is 9.97. The third-order valence-corrected chi connectivity index (χ3v) is 4.40. The molecule has 4 heteroatoms. The Bertz CT molecular complexity index is 458. The fraction of sp³-hybridized carbons (Fsp3) is 0.571. The van der Waals surface area contributed by atoms with Crippen LogP contribution < -0.4 is 11.1 Å². The SMILES string of the molecule is Cc1ccnc(NC2CCC(C)C2C)c1C(N)=S. The summed E-state index contributed by atoms with van der Waals surface area (Å²) in [5, 5.41) is 3.53. The fourth-order valence-corrected chi connectivity index (χ4v) is 2.98. The van der Waals surface area contributed by atoms with E-state index in [-0.39, 0.29) is 0 Å². The van der Waals surface area contributed by atoms with E-state index in [1.54, 1.807) is 0 Å². The van der Waals surface area contributed by atoms with Crippen molar-refractivity contribution in [3.8, 4) is 0 Å². The highest BCUT2D eigenvalue weighted by Gasteiger charge is 2.30. The van der Waals surface area contributed by atoms with Gasteiger partial charge in [-0.2, -0.15) is 0 Å². The van der Waals surface area contributed by atoms with E-state index in [1.165, 1.54) is 12.8 Å². The second-order valence-corrected chi connectivity index (χ2v) is 5.82. The smallest absolute Gasteiger partial charge is 0.136 e. The van der Waals surface area contributed by atoms with Crippen molar-refractivity contribution in [2.45, 2.75) is 39.7 Å². The number of nitrogens with two attached hydrogens (primary N) is 1. The van der Waals surface area contributed by atoms with Crippen LogP contribution in [0.2, 0.25) is 0 Å². The third kappa shape index (κ3) is 2.48. The predicted molar refractivity (Wildman–Crippen MR) is 79.8 cm³/mol. The summed E-state index contributed by atoms with van der Waals surface area (Å²) in [5.41, 5.74) is 7.77. The molecule has 3 unspecified atom stereocenters. The molecule has 3 N–H and O–H groups in total. The highest BCUT2D eigenvalue weighted by molar-refractivity contribution is 7.80. The molecule has 18 heavy (non-hydrogen) atoms. The largest absolute Gasteiger partial charge is 0.389 e. The molecule has 1 aromatic rings. The maximum atomic E-state index is 5.80. The minimum absolute atomic E-state index is 0.418. The minimum Gasteiger partial charge on any atom is -0.389 e. The third-order valence-electron chi connectivity index (χ3n) is 4.19. The molecule has 0 aliphatic heterocycles. The lowest BCUT2D eigenvalue weighted by molar-refractivity contribution is 0.435. The summed E-state index contributed by atoms with van der Waals surface area (Å²) in [6.45, 7) is 6.62. The van der Waals surface area contributed by atoms with E-state index in [9.17, 15) is 0 Å². The first-order valence-electron chi connectivity index (χ1n) is 6.52. The molecule has 98 valence electrons. The molecule has 0 radical (unpaired) electrons. The second kappa shape index (κ2) is 5.22. The summed E-state index contributed by atoms with van der Waals surface area (Å²) in [7, 11) is 0. The Labute approximate surface area is 114 Å². The van der Waals surface area contributed by atoms with Gasteiger partial charge in [-0.3, -0.25) is 0 Å². The van der Waals surface area contributed by atoms with Crippen LogP contribution >= 0.6 is 12.2 Å². The zero-order valence-corrected chi connectivity index (χ0v) is 12.1. The van der Waals surface area contributed by atoms with E-state index in [2.05, 4.69) is 24.1 Å². The van der Waals surface area contributed by atoms with Gasteiger partial charge in [0.1, 0.15) is 10.8 Å². The number of nitrogens with zero attached hydrogens (tertiary/aromatic N) is 1. The predicted octanol–water partition coefficient (Wildman–Crippen LogP) is 2.87. The van der Waals surface area contributed by atoms with Gasteiger partial charge in [0.2, 0.25) is 0 Å². The Morgan fingerprint density at radius 3 is 2.72 bits per heavy atom. The van der Waals surface area contributed by atoms with Gasteiger partial charge in [0.15, 0.2) is 0 Å². The molecule has 1 saturated carbocycles. The fourth-order valence-electron chi connectivity index (χ4n) is 2.72. The number of rotatable bonds is 3. The summed E-state index contributed by atoms with van der Waals surface area (Å²) in [6, 6.07) is 2.42. The van der Waals surface area contributed by atoms with E-state index in [1.807, 2.05) is 19.2 Å². The monoisotopic (exact) mass is 263 g/mol. The van der Waals surface area contributed by atoms with E-state index in [0.29, 0.717) is 16.9 Å². The van der Waals surface area contributed by atoms with Crippen molar-refractivity contribution in [1.29, 1.82) is 0 Å². The van der Waals surface area contributed by atoms with E-state index >= 15 is 0 Å². The van der Waals surface area contributed by atoms with Crippen LogP contribution in [0.15, 0.2) is 12.3 Å². The van der Waals surface area contributed by atoms with Crippen LogP contribution in [0.3, 0.4) is 0 Å². The second-order valence-electron chi connectivity index (χ2n) is 5.38. The van der Waals surface area contributed by atoms with Gasteiger partial charge in [-0.05, 0) is 43.2 Å². The molecular weight excluding hydrogens is 242 g/mol. The molecule has 0 saturated heterocycles.